The minimum absolute atomic E-state index is 0.764. The standard InChI is InChI=1S/C15H13ClN2/c1-11-3-2-4-14(17-11)10-18-8-7-12-5-6-13(16)9-15(12)18/h2-9H,10H2,1H3. The van der Waals surface area contributed by atoms with Crippen molar-refractivity contribution in [1.29, 1.82) is 0 Å². The third-order valence-electron chi connectivity index (χ3n) is 3.01. The second-order valence-corrected chi connectivity index (χ2v) is 4.85. The van der Waals surface area contributed by atoms with Crippen molar-refractivity contribution in [2.75, 3.05) is 0 Å². The summed E-state index contributed by atoms with van der Waals surface area (Å²) in [5.74, 6) is 0. The largest absolute Gasteiger partial charge is 0.341 e. The van der Waals surface area contributed by atoms with E-state index in [0.717, 1.165) is 28.5 Å². The van der Waals surface area contributed by atoms with Crippen molar-refractivity contribution in [1.82, 2.24) is 9.55 Å². The fourth-order valence-electron chi connectivity index (χ4n) is 2.16. The van der Waals surface area contributed by atoms with Crippen LogP contribution in [0.1, 0.15) is 11.4 Å². The van der Waals surface area contributed by atoms with Gasteiger partial charge in [-0.25, -0.2) is 0 Å². The monoisotopic (exact) mass is 256 g/mol. The van der Waals surface area contributed by atoms with Gasteiger partial charge < -0.3 is 4.57 Å². The predicted molar refractivity (Wildman–Crippen MR) is 75.0 cm³/mol. The average Bonchev–Trinajstić information content (AvgIpc) is 2.72. The molecule has 0 aliphatic heterocycles. The minimum Gasteiger partial charge on any atom is -0.341 e. The van der Waals surface area contributed by atoms with Gasteiger partial charge in [-0.1, -0.05) is 23.7 Å². The van der Waals surface area contributed by atoms with Gasteiger partial charge in [0.05, 0.1) is 12.2 Å². The molecule has 90 valence electrons. The lowest BCUT2D eigenvalue weighted by Crippen LogP contribution is -2.00. The molecule has 2 nitrogen and oxygen atoms in total. The Morgan fingerprint density at radius 2 is 2.06 bits per heavy atom. The Hall–Kier alpha value is -1.80. The van der Waals surface area contributed by atoms with E-state index in [4.69, 9.17) is 11.6 Å². The first-order chi connectivity index (χ1) is 8.72. The highest BCUT2D eigenvalue weighted by molar-refractivity contribution is 6.31. The van der Waals surface area contributed by atoms with E-state index in [1.165, 1.54) is 5.39 Å². The summed E-state index contributed by atoms with van der Waals surface area (Å²) >= 11 is 6.05. The molecule has 0 amide bonds. The first kappa shape index (κ1) is 11.3. The van der Waals surface area contributed by atoms with E-state index >= 15 is 0 Å². The fraction of sp³-hybridized carbons (Fsp3) is 0.133. The lowest BCUT2D eigenvalue weighted by molar-refractivity contribution is 0.802. The van der Waals surface area contributed by atoms with Crippen LogP contribution in [0.15, 0.2) is 48.7 Å². The molecular formula is C15H13ClN2. The Labute approximate surface area is 111 Å². The molecule has 0 aliphatic carbocycles. The first-order valence-electron chi connectivity index (χ1n) is 5.89. The number of nitrogens with zero attached hydrogens (tertiary/aromatic N) is 2. The molecule has 0 spiro atoms. The summed E-state index contributed by atoms with van der Waals surface area (Å²) < 4.78 is 2.17. The molecule has 18 heavy (non-hydrogen) atoms. The van der Waals surface area contributed by atoms with Gasteiger partial charge in [0.25, 0.3) is 0 Å². The summed E-state index contributed by atoms with van der Waals surface area (Å²) in [5.41, 5.74) is 3.25. The van der Waals surface area contributed by atoms with Crippen LogP contribution in [0.3, 0.4) is 0 Å². The molecule has 2 heterocycles. The van der Waals surface area contributed by atoms with Gasteiger partial charge in [0.15, 0.2) is 0 Å². The zero-order chi connectivity index (χ0) is 12.5. The molecule has 0 unspecified atom stereocenters. The second kappa shape index (κ2) is 4.46. The molecule has 3 rings (SSSR count). The van der Waals surface area contributed by atoms with Crippen molar-refractivity contribution in [3.05, 3.63) is 65.1 Å². The SMILES string of the molecule is Cc1cccc(Cn2ccc3ccc(Cl)cc32)n1. The zero-order valence-corrected chi connectivity index (χ0v) is 10.9. The van der Waals surface area contributed by atoms with Gasteiger partial charge in [0.1, 0.15) is 0 Å². The molecule has 3 aromatic rings. The average molecular weight is 257 g/mol. The Morgan fingerprint density at radius 1 is 1.17 bits per heavy atom. The quantitative estimate of drug-likeness (QED) is 0.676. The molecule has 1 aromatic carbocycles. The number of aryl methyl sites for hydroxylation is 1. The molecule has 0 radical (unpaired) electrons. The lowest BCUT2D eigenvalue weighted by Gasteiger charge is -2.06. The molecule has 0 saturated carbocycles. The van der Waals surface area contributed by atoms with Crippen LogP contribution in [0.5, 0.6) is 0 Å². The zero-order valence-electron chi connectivity index (χ0n) is 10.1. The number of rotatable bonds is 2. The fourth-order valence-corrected chi connectivity index (χ4v) is 2.32. The van der Waals surface area contributed by atoms with E-state index < -0.39 is 0 Å². The van der Waals surface area contributed by atoms with Crippen molar-refractivity contribution < 1.29 is 0 Å². The second-order valence-electron chi connectivity index (χ2n) is 4.42. The Kier molecular flexibility index (Phi) is 2.80. The number of hydrogen-bond donors (Lipinski definition) is 0. The van der Waals surface area contributed by atoms with E-state index in [1.807, 2.05) is 43.3 Å². The number of aromatic nitrogens is 2. The van der Waals surface area contributed by atoms with Crippen molar-refractivity contribution in [3.8, 4) is 0 Å². The van der Waals surface area contributed by atoms with Gasteiger partial charge >= 0.3 is 0 Å². The first-order valence-corrected chi connectivity index (χ1v) is 6.27. The summed E-state index contributed by atoms with van der Waals surface area (Å²) in [6, 6.07) is 14.1. The van der Waals surface area contributed by atoms with Crippen molar-refractivity contribution in [2.45, 2.75) is 13.5 Å². The summed E-state index contributed by atoms with van der Waals surface area (Å²) in [7, 11) is 0. The van der Waals surface area contributed by atoms with Gasteiger partial charge in [-0.3, -0.25) is 4.98 Å². The maximum absolute atomic E-state index is 6.05. The molecule has 2 aromatic heterocycles. The maximum Gasteiger partial charge on any atom is 0.0648 e. The smallest absolute Gasteiger partial charge is 0.0648 e. The molecule has 0 bridgehead atoms. The van der Waals surface area contributed by atoms with E-state index in [0.29, 0.717) is 0 Å². The van der Waals surface area contributed by atoms with Crippen molar-refractivity contribution in [2.24, 2.45) is 0 Å². The van der Waals surface area contributed by atoms with Gasteiger partial charge in [0.2, 0.25) is 0 Å². The third-order valence-corrected chi connectivity index (χ3v) is 3.25. The van der Waals surface area contributed by atoms with Crippen LogP contribution < -0.4 is 0 Å². The van der Waals surface area contributed by atoms with Crippen LogP contribution in [-0.2, 0) is 6.54 Å². The van der Waals surface area contributed by atoms with Crippen LogP contribution in [0, 0.1) is 6.92 Å². The van der Waals surface area contributed by atoms with Gasteiger partial charge in [0, 0.05) is 22.4 Å². The lowest BCUT2D eigenvalue weighted by atomic mass is 10.2. The molecule has 3 heteroatoms. The Morgan fingerprint density at radius 3 is 2.89 bits per heavy atom. The third kappa shape index (κ3) is 2.12. The summed E-state index contributed by atoms with van der Waals surface area (Å²) in [5, 5.41) is 1.96. The van der Waals surface area contributed by atoms with Gasteiger partial charge in [-0.2, -0.15) is 0 Å². The highest BCUT2D eigenvalue weighted by Gasteiger charge is 2.03. The van der Waals surface area contributed by atoms with Crippen LogP contribution >= 0.6 is 11.6 Å². The van der Waals surface area contributed by atoms with Crippen LogP contribution in [0.2, 0.25) is 5.02 Å². The highest BCUT2D eigenvalue weighted by atomic mass is 35.5. The van der Waals surface area contributed by atoms with Crippen molar-refractivity contribution in [3.63, 3.8) is 0 Å². The maximum atomic E-state index is 6.05. The van der Waals surface area contributed by atoms with E-state index in [9.17, 15) is 0 Å². The van der Waals surface area contributed by atoms with E-state index in [1.54, 1.807) is 0 Å². The predicted octanol–water partition coefficient (Wildman–Crippen LogP) is 4.05. The van der Waals surface area contributed by atoms with Crippen LogP contribution in [0.25, 0.3) is 10.9 Å². The molecular weight excluding hydrogens is 244 g/mol. The van der Waals surface area contributed by atoms with Crippen LogP contribution in [-0.4, -0.2) is 9.55 Å². The minimum atomic E-state index is 0.764. The molecule has 0 fully saturated rings. The molecule has 0 saturated heterocycles. The normalized spacial score (nSPS) is 11.0. The highest BCUT2D eigenvalue weighted by Crippen LogP contribution is 2.21. The number of hydrogen-bond acceptors (Lipinski definition) is 1. The molecule has 0 aliphatic rings. The van der Waals surface area contributed by atoms with E-state index in [-0.39, 0.29) is 0 Å². The summed E-state index contributed by atoms with van der Waals surface area (Å²) in [4.78, 5) is 4.52. The summed E-state index contributed by atoms with van der Waals surface area (Å²) in [6.45, 7) is 2.78. The summed E-state index contributed by atoms with van der Waals surface area (Å²) in [6.07, 6.45) is 2.07. The van der Waals surface area contributed by atoms with Gasteiger partial charge in [-0.15, -0.1) is 0 Å². The number of halogens is 1. The number of fused-ring (bicyclic) bond motifs is 1. The molecule has 0 atom stereocenters. The number of benzene rings is 1. The van der Waals surface area contributed by atoms with E-state index in [2.05, 4.69) is 21.8 Å². The van der Waals surface area contributed by atoms with Crippen LogP contribution in [0.4, 0.5) is 0 Å². The van der Waals surface area contributed by atoms with Crippen molar-refractivity contribution >= 4 is 22.5 Å². The molecule has 0 N–H and O–H groups in total. The topological polar surface area (TPSA) is 17.8 Å². The van der Waals surface area contributed by atoms with Gasteiger partial charge in [-0.05, 0) is 42.6 Å². The number of pyridine rings is 1. The Balaban J connectivity index is 2.02. The Bertz CT molecular complexity index is 701.